The standard InChI is InChI=1S/C16H21ClN2O/c1-11(2)15(6-8-17)19-16-14-10-13(20-3)5-4-12(14)7-9-18-16/h4-5,7,9-11,15H,6,8H2,1-3H3,(H,18,19). The number of halogens is 1. The predicted octanol–water partition coefficient (Wildman–Crippen LogP) is 4.31. The molecule has 2 rings (SSSR count). The van der Waals surface area contributed by atoms with Crippen LogP contribution in [0.3, 0.4) is 0 Å². The average Bonchev–Trinajstić information content (AvgIpc) is 2.46. The quantitative estimate of drug-likeness (QED) is 0.806. The molecule has 0 aliphatic heterocycles. The summed E-state index contributed by atoms with van der Waals surface area (Å²) in [5.74, 6) is 2.87. The number of anilines is 1. The normalized spacial score (nSPS) is 12.7. The molecule has 0 saturated carbocycles. The molecular formula is C16H21ClN2O. The zero-order chi connectivity index (χ0) is 14.5. The van der Waals surface area contributed by atoms with Gasteiger partial charge < -0.3 is 10.1 Å². The van der Waals surface area contributed by atoms with Crippen LogP contribution in [0.4, 0.5) is 5.82 Å². The molecule has 1 heterocycles. The molecule has 0 bridgehead atoms. The van der Waals surface area contributed by atoms with Crippen LogP contribution in [-0.2, 0) is 0 Å². The number of methoxy groups -OCH3 is 1. The first-order valence-corrected chi connectivity index (χ1v) is 7.44. The van der Waals surface area contributed by atoms with Crippen LogP contribution in [-0.4, -0.2) is 24.0 Å². The van der Waals surface area contributed by atoms with Crippen molar-refractivity contribution in [2.24, 2.45) is 5.92 Å². The zero-order valence-corrected chi connectivity index (χ0v) is 12.9. The van der Waals surface area contributed by atoms with Crippen molar-refractivity contribution in [2.45, 2.75) is 26.3 Å². The molecule has 1 aromatic heterocycles. The molecule has 2 aromatic rings. The third-order valence-electron chi connectivity index (χ3n) is 3.52. The third-order valence-corrected chi connectivity index (χ3v) is 3.74. The van der Waals surface area contributed by atoms with Gasteiger partial charge in [0, 0.05) is 23.5 Å². The van der Waals surface area contributed by atoms with Crippen molar-refractivity contribution in [1.82, 2.24) is 4.98 Å². The molecule has 108 valence electrons. The number of aromatic nitrogens is 1. The molecule has 0 aliphatic carbocycles. The van der Waals surface area contributed by atoms with Gasteiger partial charge >= 0.3 is 0 Å². The molecular weight excluding hydrogens is 272 g/mol. The topological polar surface area (TPSA) is 34.1 Å². The molecule has 0 fully saturated rings. The molecule has 4 heteroatoms. The van der Waals surface area contributed by atoms with Crippen molar-refractivity contribution < 1.29 is 4.74 Å². The summed E-state index contributed by atoms with van der Waals surface area (Å²) in [5.41, 5.74) is 0. The van der Waals surface area contributed by atoms with Crippen LogP contribution in [0.1, 0.15) is 20.3 Å². The zero-order valence-electron chi connectivity index (χ0n) is 12.2. The Morgan fingerprint density at radius 2 is 2.10 bits per heavy atom. The lowest BCUT2D eigenvalue weighted by molar-refractivity contribution is 0.415. The number of nitrogens with zero attached hydrogens (tertiary/aromatic N) is 1. The third kappa shape index (κ3) is 3.34. The lowest BCUT2D eigenvalue weighted by Gasteiger charge is -2.23. The van der Waals surface area contributed by atoms with E-state index in [0.717, 1.165) is 28.8 Å². The maximum atomic E-state index is 5.89. The first-order chi connectivity index (χ1) is 9.65. The number of rotatable bonds is 6. The molecule has 1 N–H and O–H groups in total. The summed E-state index contributed by atoms with van der Waals surface area (Å²) < 4.78 is 5.30. The van der Waals surface area contributed by atoms with Crippen LogP contribution in [0.5, 0.6) is 5.75 Å². The number of nitrogens with one attached hydrogen (secondary N) is 1. The summed E-state index contributed by atoms with van der Waals surface area (Å²) in [6, 6.07) is 8.35. The van der Waals surface area contributed by atoms with Crippen LogP contribution in [0, 0.1) is 5.92 Å². The lowest BCUT2D eigenvalue weighted by atomic mass is 10.0. The van der Waals surface area contributed by atoms with E-state index in [4.69, 9.17) is 16.3 Å². The molecule has 0 radical (unpaired) electrons. The first-order valence-electron chi connectivity index (χ1n) is 6.91. The van der Waals surface area contributed by atoms with E-state index in [1.807, 2.05) is 30.5 Å². The minimum Gasteiger partial charge on any atom is -0.497 e. The van der Waals surface area contributed by atoms with Crippen LogP contribution in [0.2, 0.25) is 0 Å². The van der Waals surface area contributed by atoms with Gasteiger partial charge in [0.1, 0.15) is 11.6 Å². The Balaban J connectivity index is 2.37. The predicted molar refractivity (Wildman–Crippen MR) is 85.9 cm³/mol. The van der Waals surface area contributed by atoms with Crippen molar-refractivity contribution in [2.75, 3.05) is 18.3 Å². The molecule has 1 atom stereocenters. The average molecular weight is 293 g/mol. The van der Waals surface area contributed by atoms with Gasteiger partial charge in [-0.05, 0) is 35.9 Å². The van der Waals surface area contributed by atoms with Crippen LogP contribution in [0.25, 0.3) is 10.8 Å². The second kappa shape index (κ2) is 6.80. The van der Waals surface area contributed by atoms with Crippen molar-refractivity contribution in [3.63, 3.8) is 0 Å². The fraction of sp³-hybridized carbons (Fsp3) is 0.438. The minimum absolute atomic E-state index is 0.316. The first kappa shape index (κ1) is 14.9. The van der Waals surface area contributed by atoms with E-state index < -0.39 is 0 Å². The van der Waals surface area contributed by atoms with Crippen LogP contribution in [0.15, 0.2) is 30.5 Å². The number of hydrogen-bond acceptors (Lipinski definition) is 3. The number of hydrogen-bond donors (Lipinski definition) is 1. The largest absolute Gasteiger partial charge is 0.497 e. The van der Waals surface area contributed by atoms with E-state index in [0.29, 0.717) is 17.8 Å². The number of ether oxygens (including phenoxy) is 1. The molecule has 3 nitrogen and oxygen atoms in total. The monoisotopic (exact) mass is 292 g/mol. The molecule has 0 amide bonds. The van der Waals surface area contributed by atoms with Crippen molar-refractivity contribution >= 4 is 28.2 Å². The fourth-order valence-electron chi connectivity index (χ4n) is 2.25. The molecule has 0 spiro atoms. The van der Waals surface area contributed by atoms with Gasteiger partial charge in [0.05, 0.1) is 7.11 Å². The van der Waals surface area contributed by atoms with Gasteiger partial charge in [-0.1, -0.05) is 19.9 Å². The van der Waals surface area contributed by atoms with Crippen molar-refractivity contribution in [3.8, 4) is 5.75 Å². The second-order valence-corrected chi connectivity index (χ2v) is 5.60. The Morgan fingerprint density at radius 1 is 1.30 bits per heavy atom. The number of pyridine rings is 1. The number of fused-ring (bicyclic) bond motifs is 1. The van der Waals surface area contributed by atoms with E-state index in [2.05, 4.69) is 24.1 Å². The molecule has 0 aliphatic rings. The van der Waals surface area contributed by atoms with Crippen LogP contribution < -0.4 is 10.1 Å². The Hall–Kier alpha value is -1.48. The highest BCUT2D eigenvalue weighted by Crippen LogP contribution is 2.27. The highest BCUT2D eigenvalue weighted by molar-refractivity contribution is 6.17. The summed E-state index contributed by atoms with van der Waals surface area (Å²) in [6.07, 6.45) is 2.75. The highest BCUT2D eigenvalue weighted by Gasteiger charge is 2.14. The summed E-state index contributed by atoms with van der Waals surface area (Å²) >= 11 is 5.89. The van der Waals surface area contributed by atoms with Crippen molar-refractivity contribution in [3.05, 3.63) is 30.5 Å². The lowest BCUT2D eigenvalue weighted by Crippen LogP contribution is -2.26. The van der Waals surface area contributed by atoms with E-state index >= 15 is 0 Å². The minimum atomic E-state index is 0.316. The smallest absolute Gasteiger partial charge is 0.134 e. The number of alkyl halides is 1. The molecule has 20 heavy (non-hydrogen) atoms. The fourth-order valence-corrected chi connectivity index (χ4v) is 2.49. The van der Waals surface area contributed by atoms with Gasteiger partial charge in [0.25, 0.3) is 0 Å². The van der Waals surface area contributed by atoms with Gasteiger partial charge in [0.2, 0.25) is 0 Å². The van der Waals surface area contributed by atoms with Crippen molar-refractivity contribution in [1.29, 1.82) is 0 Å². The molecule has 0 saturated heterocycles. The Labute approximate surface area is 125 Å². The Morgan fingerprint density at radius 3 is 2.75 bits per heavy atom. The Bertz CT molecular complexity index is 571. The summed E-state index contributed by atoms with van der Waals surface area (Å²) in [5, 5.41) is 5.75. The van der Waals surface area contributed by atoms with Gasteiger partial charge in [-0.3, -0.25) is 0 Å². The Kier molecular flexibility index (Phi) is 5.07. The summed E-state index contributed by atoms with van der Waals surface area (Å²) in [7, 11) is 1.68. The maximum absolute atomic E-state index is 5.89. The number of benzene rings is 1. The van der Waals surface area contributed by atoms with Gasteiger partial charge in [-0.15, -0.1) is 11.6 Å². The van der Waals surface area contributed by atoms with Crippen LogP contribution >= 0.6 is 11.6 Å². The van der Waals surface area contributed by atoms with E-state index in [1.54, 1.807) is 7.11 Å². The second-order valence-electron chi connectivity index (χ2n) is 5.22. The summed E-state index contributed by atoms with van der Waals surface area (Å²) in [4.78, 5) is 4.48. The molecule has 1 unspecified atom stereocenters. The highest BCUT2D eigenvalue weighted by atomic mass is 35.5. The SMILES string of the molecule is COc1ccc2ccnc(NC(CCCl)C(C)C)c2c1. The molecule has 1 aromatic carbocycles. The van der Waals surface area contributed by atoms with E-state index in [-0.39, 0.29) is 0 Å². The maximum Gasteiger partial charge on any atom is 0.134 e. The summed E-state index contributed by atoms with van der Waals surface area (Å²) in [6.45, 7) is 4.38. The van der Waals surface area contributed by atoms with E-state index in [1.165, 1.54) is 0 Å². The van der Waals surface area contributed by atoms with Gasteiger partial charge in [0.15, 0.2) is 0 Å². The van der Waals surface area contributed by atoms with E-state index in [9.17, 15) is 0 Å². The van der Waals surface area contributed by atoms with Gasteiger partial charge in [-0.25, -0.2) is 4.98 Å². The van der Waals surface area contributed by atoms with Gasteiger partial charge in [-0.2, -0.15) is 0 Å².